The average molecular weight is 270 g/mol. The minimum atomic E-state index is 0.00441. The number of hydrogen-bond acceptors (Lipinski definition) is 2. The molecule has 2 N–H and O–H groups in total. The lowest BCUT2D eigenvalue weighted by Crippen LogP contribution is -2.23. The number of halogens is 2. The third-order valence-electron chi connectivity index (χ3n) is 2.48. The first-order chi connectivity index (χ1) is 8.22. The summed E-state index contributed by atoms with van der Waals surface area (Å²) in [6, 6.07) is 5.61. The van der Waals surface area contributed by atoms with Crippen molar-refractivity contribution in [3.05, 3.63) is 52.0 Å². The highest BCUT2D eigenvalue weighted by atomic mass is 35.5. The van der Waals surface area contributed by atoms with Gasteiger partial charge in [0.2, 0.25) is 0 Å². The Bertz CT molecular complexity index is 483. The van der Waals surface area contributed by atoms with Crippen LogP contribution >= 0.6 is 23.2 Å². The van der Waals surface area contributed by atoms with Gasteiger partial charge in [-0.2, -0.15) is 0 Å². The van der Waals surface area contributed by atoms with Gasteiger partial charge < -0.3 is 10.3 Å². The van der Waals surface area contributed by atoms with Crippen molar-refractivity contribution < 1.29 is 0 Å². The Hall–Kier alpha value is -1.03. The Labute approximate surface area is 110 Å². The molecule has 0 radical (unpaired) electrons. The molecule has 3 nitrogen and oxygen atoms in total. The molecule has 17 heavy (non-hydrogen) atoms. The molecule has 5 heteroatoms. The molecule has 0 saturated carbocycles. The maximum Gasteiger partial charge on any atom is 0.127 e. The van der Waals surface area contributed by atoms with Gasteiger partial charge in [0.15, 0.2) is 0 Å². The number of aromatic nitrogens is 2. The zero-order valence-corrected chi connectivity index (χ0v) is 10.9. The van der Waals surface area contributed by atoms with Gasteiger partial charge in [-0.3, -0.25) is 0 Å². The van der Waals surface area contributed by atoms with Crippen molar-refractivity contribution in [2.45, 2.75) is 13.0 Å². The number of hydrogen-bond donors (Lipinski definition) is 2. The zero-order chi connectivity index (χ0) is 12.3. The molecule has 2 rings (SSSR count). The Morgan fingerprint density at radius 3 is 2.76 bits per heavy atom. The molecule has 90 valence electrons. The molecule has 1 aromatic carbocycles. The summed E-state index contributed by atoms with van der Waals surface area (Å²) >= 11 is 11.9. The van der Waals surface area contributed by atoms with E-state index in [0.717, 1.165) is 17.9 Å². The van der Waals surface area contributed by atoms with Crippen LogP contribution in [0.3, 0.4) is 0 Å². The minimum Gasteiger partial charge on any atom is -0.347 e. The van der Waals surface area contributed by atoms with Crippen LogP contribution in [0.15, 0.2) is 30.6 Å². The molecule has 2 aromatic rings. The summed E-state index contributed by atoms with van der Waals surface area (Å²) < 4.78 is 0. The van der Waals surface area contributed by atoms with E-state index in [0.29, 0.717) is 10.0 Å². The Morgan fingerprint density at radius 2 is 2.18 bits per heavy atom. The number of benzene rings is 1. The maximum absolute atomic E-state index is 6.03. The van der Waals surface area contributed by atoms with Crippen molar-refractivity contribution in [1.82, 2.24) is 15.3 Å². The molecule has 1 heterocycles. The van der Waals surface area contributed by atoms with Crippen LogP contribution in [0.4, 0.5) is 0 Å². The van der Waals surface area contributed by atoms with Crippen molar-refractivity contribution in [3.63, 3.8) is 0 Å². The molecule has 0 aliphatic carbocycles. The summed E-state index contributed by atoms with van der Waals surface area (Å²) in [6.07, 6.45) is 3.54. The smallest absolute Gasteiger partial charge is 0.127 e. The summed E-state index contributed by atoms with van der Waals surface area (Å²) in [7, 11) is 0. The minimum absolute atomic E-state index is 0.00441. The third-order valence-corrected chi connectivity index (χ3v) is 3.22. The van der Waals surface area contributed by atoms with E-state index in [9.17, 15) is 0 Å². The number of nitrogens with zero attached hydrogens (tertiary/aromatic N) is 1. The molecule has 0 aliphatic heterocycles. The van der Waals surface area contributed by atoms with Gasteiger partial charge in [0, 0.05) is 12.4 Å². The van der Waals surface area contributed by atoms with Gasteiger partial charge in [-0.15, -0.1) is 0 Å². The molecule has 1 atom stereocenters. The van der Waals surface area contributed by atoms with E-state index in [-0.39, 0.29) is 6.04 Å². The fourth-order valence-corrected chi connectivity index (χ4v) is 2.01. The van der Waals surface area contributed by atoms with Crippen LogP contribution in [-0.2, 0) is 0 Å². The number of rotatable bonds is 4. The van der Waals surface area contributed by atoms with Crippen molar-refractivity contribution in [3.8, 4) is 0 Å². The molecule has 1 unspecified atom stereocenters. The van der Waals surface area contributed by atoms with Crippen molar-refractivity contribution >= 4 is 23.2 Å². The number of imidazole rings is 1. The first kappa shape index (κ1) is 12.4. The highest BCUT2D eigenvalue weighted by molar-refractivity contribution is 6.42. The lowest BCUT2D eigenvalue weighted by atomic mass is 10.1. The molecule has 0 amide bonds. The molecule has 0 aliphatic rings. The molecule has 0 saturated heterocycles. The van der Waals surface area contributed by atoms with Crippen LogP contribution in [0.25, 0.3) is 0 Å². The largest absolute Gasteiger partial charge is 0.347 e. The second-order valence-corrected chi connectivity index (χ2v) is 4.45. The predicted octanol–water partition coefficient (Wildman–Crippen LogP) is 3.42. The van der Waals surface area contributed by atoms with Crippen LogP contribution in [-0.4, -0.2) is 16.5 Å². The summed E-state index contributed by atoms with van der Waals surface area (Å²) in [5, 5.41) is 4.47. The predicted molar refractivity (Wildman–Crippen MR) is 70.6 cm³/mol. The van der Waals surface area contributed by atoms with Crippen LogP contribution in [0, 0.1) is 0 Å². The van der Waals surface area contributed by atoms with Gasteiger partial charge in [0.1, 0.15) is 5.82 Å². The van der Waals surface area contributed by atoms with Crippen LogP contribution in [0.5, 0.6) is 0 Å². The number of aromatic amines is 1. The molecule has 0 spiro atoms. The quantitative estimate of drug-likeness (QED) is 0.893. The maximum atomic E-state index is 6.03. The van der Waals surface area contributed by atoms with E-state index in [1.807, 2.05) is 19.1 Å². The van der Waals surface area contributed by atoms with Gasteiger partial charge in [-0.05, 0) is 24.2 Å². The van der Waals surface area contributed by atoms with Crippen molar-refractivity contribution in [2.75, 3.05) is 6.54 Å². The first-order valence-corrected chi connectivity index (χ1v) is 6.15. The highest BCUT2D eigenvalue weighted by Crippen LogP contribution is 2.27. The van der Waals surface area contributed by atoms with Crippen LogP contribution in [0.2, 0.25) is 10.0 Å². The molecular formula is C12H13Cl2N3. The third kappa shape index (κ3) is 2.80. The second kappa shape index (κ2) is 5.54. The lowest BCUT2D eigenvalue weighted by Gasteiger charge is -2.16. The average Bonchev–Trinajstić information content (AvgIpc) is 2.83. The van der Waals surface area contributed by atoms with Crippen LogP contribution in [0.1, 0.15) is 24.4 Å². The normalized spacial score (nSPS) is 12.6. The van der Waals surface area contributed by atoms with E-state index in [1.54, 1.807) is 18.5 Å². The van der Waals surface area contributed by atoms with Gasteiger partial charge in [-0.1, -0.05) is 36.2 Å². The Morgan fingerprint density at radius 1 is 1.35 bits per heavy atom. The number of nitrogens with one attached hydrogen (secondary N) is 2. The van der Waals surface area contributed by atoms with Gasteiger partial charge in [-0.25, -0.2) is 4.98 Å². The summed E-state index contributed by atoms with van der Waals surface area (Å²) in [6.45, 7) is 2.89. The van der Waals surface area contributed by atoms with E-state index >= 15 is 0 Å². The monoisotopic (exact) mass is 269 g/mol. The fourth-order valence-electron chi connectivity index (χ4n) is 1.70. The lowest BCUT2D eigenvalue weighted by molar-refractivity contribution is 0.603. The SMILES string of the molecule is CCNC(c1ccc(Cl)c(Cl)c1)c1ncc[nH]1. The fraction of sp³-hybridized carbons (Fsp3) is 0.250. The van der Waals surface area contributed by atoms with Crippen molar-refractivity contribution in [1.29, 1.82) is 0 Å². The summed E-state index contributed by atoms with van der Waals surface area (Å²) in [4.78, 5) is 7.37. The summed E-state index contributed by atoms with van der Waals surface area (Å²) in [5.74, 6) is 0.866. The molecule has 0 fully saturated rings. The molecule has 0 bridgehead atoms. The Balaban J connectivity index is 2.35. The zero-order valence-electron chi connectivity index (χ0n) is 9.37. The van der Waals surface area contributed by atoms with E-state index in [4.69, 9.17) is 23.2 Å². The van der Waals surface area contributed by atoms with Gasteiger partial charge >= 0.3 is 0 Å². The van der Waals surface area contributed by atoms with Gasteiger partial charge in [0.25, 0.3) is 0 Å². The summed E-state index contributed by atoms with van der Waals surface area (Å²) in [5.41, 5.74) is 1.04. The van der Waals surface area contributed by atoms with Crippen molar-refractivity contribution in [2.24, 2.45) is 0 Å². The van der Waals surface area contributed by atoms with E-state index < -0.39 is 0 Å². The van der Waals surface area contributed by atoms with E-state index in [2.05, 4.69) is 15.3 Å². The van der Waals surface area contributed by atoms with Gasteiger partial charge in [0.05, 0.1) is 16.1 Å². The van der Waals surface area contributed by atoms with Crippen LogP contribution < -0.4 is 5.32 Å². The van der Waals surface area contributed by atoms with E-state index in [1.165, 1.54) is 0 Å². The molecule has 1 aromatic heterocycles. The highest BCUT2D eigenvalue weighted by Gasteiger charge is 2.15. The number of H-pyrrole nitrogens is 1. The Kier molecular flexibility index (Phi) is 4.05. The standard InChI is InChI=1S/C12H13Cl2N3/c1-2-15-11(12-16-5-6-17-12)8-3-4-9(13)10(14)7-8/h3-7,11,15H,2H2,1H3,(H,16,17). The first-order valence-electron chi connectivity index (χ1n) is 5.40. The molecular weight excluding hydrogens is 257 g/mol. The second-order valence-electron chi connectivity index (χ2n) is 3.64. The topological polar surface area (TPSA) is 40.7 Å².